The summed E-state index contributed by atoms with van der Waals surface area (Å²) in [6.07, 6.45) is 17.5. The number of aliphatic hydroxyl groups is 1. The Hall–Kier alpha value is -0.733. The van der Waals surface area contributed by atoms with E-state index in [9.17, 15) is 15.0 Å². The number of aliphatic carboxylic acids is 1. The van der Waals surface area contributed by atoms with Crippen molar-refractivity contribution in [3.8, 4) is 0 Å². The molecule has 1 saturated carbocycles. The molecular weight excluding hydrogens is 496 g/mol. The smallest absolute Gasteiger partial charge is 0.331 e. The summed E-state index contributed by atoms with van der Waals surface area (Å²) in [5.74, 6) is -0.368. The molecule has 0 amide bonds. The highest BCUT2D eigenvalue weighted by Gasteiger charge is 2.43. The molecule has 0 aromatic heterocycles. The van der Waals surface area contributed by atoms with E-state index in [1.807, 2.05) is 0 Å². The highest BCUT2D eigenvalue weighted by molar-refractivity contribution is 6.74. The standard InChI is InChI=1S/C31H58O6Si/c1-7-8-9-10-11-13-19-25-24(26(32)23-28(25)36-29-21-16-17-22-35-29)18-14-12-15-20-27(30(33)34)37-38(5,6)31(2,3)4/h12,14,24-29,32H,7-11,13,15-23H2,1-6H3,(H,33,34)/b14-12-/t24-,25-,26+,27?,28-,29?/m1/s1. The quantitative estimate of drug-likeness (QED) is 0.108. The van der Waals surface area contributed by atoms with E-state index in [1.54, 1.807) is 0 Å². The van der Waals surface area contributed by atoms with Crippen molar-refractivity contribution >= 4 is 14.3 Å². The second-order valence-electron chi connectivity index (χ2n) is 13.1. The van der Waals surface area contributed by atoms with Gasteiger partial charge in [-0.15, -0.1) is 0 Å². The van der Waals surface area contributed by atoms with E-state index in [0.29, 0.717) is 25.2 Å². The van der Waals surface area contributed by atoms with Crippen LogP contribution in [0.25, 0.3) is 0 Å². The Balaban J connectivity index is 1.92. The second kappa shape index (κ2) is 16.5. The van der Waals surface area contributed by atoms with Gasteiger partial charge in [-0.05, 0) is 74.9 Å². The molecule has 2 fully saturated rings. The molecule has 2 aliphatic rings. The maximum Gasteiger partial charge on any atom is 0.331 e. The molecule has 1 aliphatic heterocycles. The average molecular weight is 555 g/mol. The topological polar surface area (TPSA) is 85.2 Å². The van der Waals surface area contributed by atoms with E-state index in [-0.39, 0.29) is 29.5 Å². The number of carbonyl (C=O) groups is 1. The molecule has 1 saturated heterocycles. The van der Waals surface area contributed by atoms with Gasteiger partial charge in [0.15, 0.2) is 14.6 Å². The molecule has 2 N–H and O–H groups in total. The third kappa shape index (κ3) is 11.0. The summed E-state index contributed by atoms with van der Waals surface area (Å²) in [4.78, 5) is 11.9. The van der Waals surface area contributed by atoms with Crippen LogP contribution in [0.4, 0.5) is 0 Å². The molecule has 0 radical (unpaired) electrons. The van der Waals surface area contributed by atoms with E-state index in [4.69, 9.17) is 13.9 Å². The molecule has 2 unspecified atom stereocenters. The zero-order valence-corrected chi connectivity index (χ0v) is 26.3. The van der Waals surface area contributed by atoms with Crippen molar-refractivity contribution in [2.75, 3.05) is 6.61 Å². The molecule has 2 rings (SSSR count). The lowest BCUT2D eigenvalue weighted by Gasteiger charge is -2.38. The van der Waals surface area contributed by atoms with Crippen molar-refractivity contribution in [3.05, 3.63) is 12.2 Å². The first-order valence-corrected chi connectivity index (χ1v) is 18.4. The van der Waals surface area contributed by atoms with Gasteiger partial charge in [0.25, 0.3) is 0 Å². The number of allylic oxidation sites excluding steroid dienone is 2. The van der Waals surface area contributed by atoms with Crippen LogP contribution in [0.3, 0.4) is 0 Å². The molecule has 0 bridgehead atoms. The first-order chi connectivity index (χ1) is 18.0. The van der Waals surface area contributed by atoms with Gasteiger partial charge < -0.3 is 24.1 Å². The average Bonchev–Trinajstić information content (AvgIpc) is 3.13. The van der Waals surface area contributed by atoms with Gasteiger partial charge in [0, 0.05) is 13.0 Å². The number of carboxylic acid groups (broad SMARTS) is 1. The van der Waals surface area contributed by atoms with Gasteiger partial charge in [-0.1, -0.05) is 78.4 Å². The van der Waals surface area contributed by atoms with Crippen LogP contribution in [0, 0.1) is 11.8 Å². The minimum atomic E-state index is -2.15. The summed E-state index contributed by atoms with van der Waals surface area (Å²) in [5, 5.41) is 20.7. The molecule has 0 spiro atoms. The molecule has 6 atom stereocenters. The Morgan fingerprint density at radius 3 is 2.42 bits per heavy atom. The molecule has 1 aliphatic carbocycles. The van der Waals surface area contributed by atoms with Crippen LogP contribution in [-0.2, 0) is 18.7 Å². The van der Waals surface area contributed by atoms with Gasteiger partial charge in [0.05, 0.1) is 12.2 Å². The number of hydrogen-bond acceptors (Lipinski definition) is 5. The van der Waals surface area contributed by atoms with Gasteiger partial charge in [-0.2, -0.15) is 0 Å². The number of aliphatic hydroxyl groups excluding tert-OH is 1. The van der Waals surface area contributed by atoms with Gasteiger partial charge in [-0.3, -0.25) is 0 Å². The predicted molar refractivity (Wildman–Crippen MR) is 157 cm³/mol. The highest BCUT2D eigenvalue weighted by atomic mass is 28.4. The number of unbranched alkanes of at least 4 members (excludes halogenated alkanes) is 5. The SMILES string of the molecule is CCCCCCCC[C@@H]1[C@@H](C/C=C\CCC(O[Si](C)(C)C(C)(C)C)C(=O)O)[C@@H](O)C[C@H]1OC1CCCCO1. The van der Waals surface area contributed by atoms with Crippen molar-refractivity contribution in [2.24, 2.45) is 11.8 Å². The van der Waals surface area contributed by atoms with E-state index in [0.717, 1.165) is 38.7 Å². The molecule has 1 heterocycles. The first kappa shape index (κ1) is 33.5. The fourth-order valence-corrected chi connectivity index (χ4v) is 6.88. The lowest BCUT2D eigenvalue weighted by molar-refractivity contribution is -0.196. The maximum atomic E-state index is 11.9. The van der Waals surface area contributed by atoms with E-state index in [1.165, 1.54) is 38.5 Å². The van der Waals surface area contributed by atoms with E-state index < -0.39 is 20.4 Å². The second-order valence-corrected chi connectivity index (χ2v) is 17.9. The van der Waals surface area contributed by atoms with Crippen molar-refractivity contribution in [1.29, 1.82) is 0 Å². The molecule has 6 nitrogen and oxygen atoms in total. The van der Waals surface area contributed by atoms with E-state index in [2.05, 4.69) is 52.9 Å². The van der Waals surface area contributed by atoms with Gasteiger partial charge in [0.1, 0.15) is 6.10 Å². The Bertz CT molecular complexity index is 697. The normalized spacial score (nSPS) is 27.7. The summed E-state index contributed by atoms with van der Waals surface area (Å²) in [6, 6.07) is 0. The maximum absolute atomic E-state index is 11.9. The summed E-state index contributed by atoms with van der Waals surface area (Å²) < 4.78 is 18.5. The van der Waals surface area contributed by atoms with Crippen molar-refractivity contribution in [3.63, 3.8) is 0 Å². The summed E-state index contributed by atoms with van der Waals surface area (Å²) in [7, 11) is -2.15. The van der Waals surface area contributed by atoms with Crippen molar-refractivity contribution in [1.82, 2.24) is 0 Å². The first-order valence-electron chi connectivity index (χ1n) is 15.5. The van der Waals surface area contributed by atoms with Crippen LogP contribution in [-0.4, -0.2) is 55.7 Å². The number of ether oxygens (including phenoxy) is 2. The Labute approximate surface area is 234 Å². The number of hydrogen-bond donors (Lipinski definition) is 2. The molecule has 222 valence electrons. The number of rotatable bonds is 17. The molecule has 0 aromatic carbocycles. The summed E-state index contributed by atoms with van der Waals surface area (Å²) in [6.45, 7) is 13.6. The monoisotopic (exact) mass is 554 g/mol. The highest BCUT2D eigenvalue weighted by Crippen LogP contribution is 2.41. The van der Waals surface area contributed by atoms with Crippen LogP contribution < -0.4 is 0 Å². The fraction of sp³-hybridized carbons (Fsp3) is 0.903. The molecular formula is C31H58O6Si. The largest absolute Gasteiger partial charge is 0.479 e. The summed E-state index contributed by atoms with van der Waals surface area (Å²) >= 11 is 0. The minimum Gasteiger partial charge on any atom is -0.479 e. The van der Waals surface area contributed by atoms with Crippen LogP contribution in [0.15, 0.2) is 12.2 Å². The Morgan fingerprint density at radius 2 is 1.79 bits per heavy atom. The third-order valence-electron chi connectivity index (χ3n) is 9.04. The van der Waals surface area contributed by atoms with Crippen LogP contribution >= 0.6 is 0 Å². The fourth-order valence-electron chi connectivity index (χ4n) is 5.59. The lowest BCUT2D eigenvalue weighted by Crippen LogP contribution is -2.46. The lowest BCUT2D eigenvalue weighted by atomic mass is 9.86. The zero-order chi connectivity index (χ0) is 28.2. The van der Waals surface area contributed by atoms with Gasteiger partial charge in [0.2, 0.25) is 0 Å². The molecule has 0 aromatic rings. The van der Waals surface area contributed by atoms with Gasteiger partial charge >= 0.3 is 5.97 Å². The Kier molecular flexibility index (Phi) is 14.5. The number of carboxylic acids is 1. The van der Waals surface area contributed by atoms with Crippen molar-refractivity contribution in [2.45, 2.75) is 160 Å². The Morgan fingerprint density at radius 1 is 1.08 bits per heavy atom. The molecule has 7 heteroatoms. The third-order valence-corrected chi connectivity index (χ3v) is 13.5. The zero-order valence-electron chi connectivity index (χ0n) is 25.3. The van der Waals surface area contributed by atoms with Crippen molar-refractivity contribution < 1.29 is 28.9 Å². The summed E-state index contributed by atoms with van der Waals surface area (Å²) in [5.41, 5.74) is 0. The van der Waals surface area contributed by atoms with Crippen LogP contribution in [0.2, 0.25) is 18.1 Å². The minimum absolute atomic E-state index is 0.0263. The van der Waals surface area contributed by atoms with E-state index >= 15 is 0 Å². The predicted octanol–water partition coefficient (Wildman–Crippen LogP) is 7.85. The molecule has 38 heavy (non-hydrogen) atoms. The van der Waals surface area contributed by atoms with Crippen LogP contribution in [0.5, 0.6) is 0 Å². The van der Waals surface area contributed by atoms with Gasteiger partial charge in [-0.25, -0.2) is 4.79 Å². The van der Waals surface area contributed by atoms with Crippen LogP contribution in [0.1, 0.15) is 118 Å².